The Morgan fingerprint density at radius 2 is 1.71 bits per heavy atom. The zero-order chi connectivity index (χ0) is 15.5. The van der Waals surface area contributed by atoms with Crippen LogP contribution in [0.3, 0.4) is 0 Å². The predicted octanol–water partition coefficient (Wildman–Crippen LogP) is 4.64. The molecule has 2 N–H and O–H groups in total. The fraction of sp³-hybridized carbons (Fsp3) is 0.200. The van der Waals surface area contributed by atoms with E-state index in [9.17, 15) is 17.6 Å². The van der Waals surface area contributed by atoms with Crippen molar-refractivity contribution in [2.75, 3.05) is 5.75 Å². The van der Waals surface area contributed by atoms with E-state index in [0.717, 1.165) is 17.0 Å². The highest BCUT2D eigenvalue weighted by molar-refractivity contribution is 7.99. The first-order valence-electron chi connectivity index (χ1n) is 6.17. The summed E-state index contributed by atoms with van der Waals surface area (Å²) in [6, 6.07) is 10.4. The second kappa shape index (κ2) is 6.49. The second-order valence-electron chi connectivity index (χ2n) is 4.49. The molecule has 0 fully saturated rings. The van der Waals surface area contributed by atoms with Gasteiger partial charge in [0.05, 0.1) is 5.56 Å². The molecule has 0 spiro atoms. The standard InChI is InChI=1S/C15H13F4NS/c16-12-4-6-13(7-5-12)21-9-14(20)10-2-1-3-11(8-10)15(17,18)19/h1-8,14H,9,20H2. The number of nitrogens with two attached hydrogens (primary N) is 1. The minimum absolute atomic E-state index is 0.332. The fourth-order valence-corrected chi connectivity index (χ4v) is 2.65. The molecule has 2 rings (SSSR count). The van der Waals surface area contributed by atoms with E-state index in [1.807, 2.05) is 0 Å². The molecule has 0 aromatic heterocycles. The topological polar surface area (TPSA) is 26.0 Å². The van der Waals surface area contributed by atoms with Crippen molar-refractivity contribution in [1.82, 2.24) is 0 Å². The molecule has 1 unspecified atom stereocenters. The van der Waals surface area contributed by atoms with Crippen molar-refractivity contribution in [3.8, 4) is 0 Å². The Hall–Kier alpha value is -1.53. The van der Waals surface area contributed by atoms with Crippen LogP contribution in [0.15, 0.2) is 53.4 Å². The maximum absolute atomic E-state index is 12.8. The van der Waals surface area contributed by atoms with Gasteiger partial charge >= 0.3 is 6.18 Å². The van der Waals surface area contributed by atoms with Crippen molar-refractivity contribution >= 4 is 11.8 Å². The highest BCUT2D eigenvalue weighted by atomic mass is 32.2. The largest absolute Gasteiger partial charge is 0.416 e. The molecule has 6 heteroatoms. The first kappa shape index (κ1) is 15.9. The average molecular weight is 315 g/mol. The SMILES string of the molecule is NC(CSc1ccc(F)cc1)c1cccc(C(F)(F)F)c1. The molecule has 0 saturated carbocycles. The van der Waals surface area contributed by atoms with E-state index in [2.05, 4.69) is 0 Å². The highest BCUT2D eigenvalue weighted by Gasteiger charge is 2.30. The zero-order valence-corrected chi connectivity index (χ0v) is 11.7. The summed E-state index contributed by atoms with van der Waals surface area (Å²) < 4.78 is 50.7. The molecular weight excluding hydrogens is 302 g/mol. The molecule has 0 bridgehead atoms. The van der Waals surface area contributed by atoms with E-state index in [4.69, 9.17) is 5.73 Å². The molecule has 1 atom stereocenters. The van der Waals surface area contributed by atoms with Gasteiger partial charge in [0.1, 0.15) is 5.82 Å². The molecule has 0 amide bonds. The van der Waals surface area contributed by atoms with Gasteiger partial charge < -0.3 is 5.73 Å². The average Bonchev–Trinajstić information content (AvgIpc) is 2.45. The van der Waals surface area contributed by atoms with E-state index in [-0.39, 0.29) is 5.82 Å². The van der Waals surface area contributed by atoms with Crippen LogP contribution in [-0.4, -0.2) is 5.75 Å². The molecule has 1 nitrogen and oxygen atoms in total. The lowest BCUT2D eigenvalue weighted by Crippen LogP contribution is -2.14. The normalized spacial score (nSPS) is 13.2. The maximum atomic E-state index is 12.8. The maximum Gasteiger partial charge on any atom is 0.416 e. The fourth-order valence-electron chi connectivity index (χ4n) is 1.76. The third-order valence-electron chi connectivity index (χ3n) is 2.89. The van der Waals surface area contributed by atoms with Crippen LogP contribution < -0.4 is 5.73 Å². The Bertz CT molecular complexity index is 595. The van der Waals surface area contributed by atoms with Gasteiger partial charge in [-0.3, -0.25) is 0 Å². The van der Waals surface area contributed by atoms with Crippen molar-refractivity contribution < 1.29 is 17.6 Å². The van der Waals surface area contributed by atoms with Gasteiger partial charge in [0.15, 0.2) is 0 Å². The van der Waals surface area contributed by atoms with Crippen LogP contribution in [0.4, 0.5) is 17.6 Å². The van der Waals surface area contributed by atoms with Crippen LogP contribution in [0, 0.1) is 5.82 Å². The van der Waals surface area contributed by atoms with E-state index >= 15 is 0 Å². The molecule has 0 saturated heterocycles. The summed E-state index contributed by atoms with van der Waals surface area (Å²) in [5, 5.41) is 0. The summed E-state index contributed by atoms with van der Waals surface area (Å²) in [5.41, 5.74) is 5.65. The van der Waals surface area contributed by atoms with E-state index in [1.165, 1.54) is 30.0 Å². The Labute approximate surface area is 124 Å². The molecule has 21 heavy (non-hydrogen) atoms. The minimum atomic E-state index is -4.38. The van der Waals surface area contributed by atoms with Crippen molar-refractivity contribution in [3.05, 3.63) is 65.5 Å². The quantitative estimate of drug-likeness (QED) is 0.657. The molecule has 0 aliphatic rings. The number of benzene rings is 2. The molecule has 2 aromatic carbocycles. The van der Waals surface area contributed by atoms with Gasteiger partial charge in [-0.05, 0) is 42.0 Å². The van der Waals surface area contributed by atoms with E-state index in [1.54, 1.807) is 18.2 Å². The number of hydrogen-bond acceptors (Lipinski definition) is 2. The van der Waals surface area contributed by atoms with Gasteiger partial charge in [0.25, 0.3) is 0 Å². The molecule has 0 aliphatic carbocycles. The van der Waals surface area contributed by atoms with E-state index in [0.29, 0.717) is 11.3 Å². The summed E-state index contributed by atoms with van der Waals surface area (Å²) in [6.45, 7) is 0. The molecule has 0 aliphatic heterocycles. The molecule has 0 heterocycles. The van der Waals surface area contributed by atoms with Gasteiger partial charge in [0.2, 0.25) is 0 Å². The van der Waals surface area contributed by atoms with Crippen molar-refractivity contribution in [2.45, 2.75) is 17.1 Å². The summed E-state index contributed by atoms with van der Waals surface area (Å²) in [5.74, 6) is 0.0777. The number of alkyl halides is 3. The van der Waals surface area contributed by atoms with Crippen molar-refractivity contribution in [2.24, 2.45) is 5.73 Å². The van der Waals surface area contributed by atoms with Gasteiger partial charge in [-0.1, -0.05) is 12.1 Å². The Morgan fingerprint density at radius 3 is 2.33 bits per heavy atom. The number of hydrogen-bond donors (Lipinski definition) is 1. The molecular formula is C15H13F4NS. The molecule has 112 valence electrons. The van der Waals surface area contributed by atoms with Gasteiger partial charge in [-0.25, -0.2) is 4.39 Å². The van der Waals surface area contributed by atoms with Gasteiger partial charge in [0, 0.05) is 16.7 Å². The third kappa shape index (κ3) is 4.47. The van der Waals surface area contributed by atoms with Crippen LogP contribution in [0.25, 0.3) is 0 Å². The minimum Gasteiger partial charge on any atom is -0.323 e. The highest BCUT2D eigenvalue weighted by Crippen LogP contribution is 2.31. The lowest BCUT2D eigenvalue weighted by Gasteiger charge is -2.14. The number of thioether (sulfide) groups is 1. The number of halogens is 4. The smallest absolute Gasteiger partial charge is 0.323 e. The zero-order valence-electron chi connectivity index (χ0n) is 10.9. The summed E-state index contributed by atoms with van der Waals surface area (Å²) in [7, 11) is 0. The van der Waals surface area contributed by atoms with Crippen LogP contribution in [0.2, 0.25) is 0 Å². The first-order chi connectivity index (χ1) is 9.86. The Morgan fingerprint density at radius 1 is 1.05 bits per heavy atom. The number of rotatable bonds is 4. The predicted molar refractivity (Wildman–Crippen MR) is 75.5 cm³/mol. The monoisotopic (exact) mass is 315 g/mol. The van der Waals surface area contributed by atoms with Crippen LogP contribution >= 0.6 is 11.8 Å². The molecule has 2 aromatic rings. The Kier molecular flexibility index (Phi) is 4.90. The summed E-state index contributed by atoms with van der Waals surface area (Å²) >= 11 is 1.37. The second-order valence-corrected chi connectivity index (χ2v) is 5.59. The van der Waals surface area contributed by atoms with Gasteiger partial charge in [-0.2, -0.15) is 13.2 Å². The van der Waals surface area contributed by atoms with Crippen LogP contribution in [0.5, 0.6) is 0 Å². The Balaban J connectivity index is 2.03. The van der Waals surface area contributed by atoms with Crippen LogP contribution in [-0.2, 0) is 6.18 Å². The van der Waals surface area contributed by atoms with Crippen molar-refractivity contribution in [3.63, 3.8) is 0 Å². The lowest BCUT2D eigenvalue weighted by atomic mass is 10.1. The molecule has 0 radical (unpaired) electrons. The summed E-state index contributed by atoms with van der Waals surface area (Å²) in [6.07, 6.45) is -4.38. The van der Waals surface area contributed by atoms with Crippen molar-refractivity contribution in [1.29, 1.82) is 0 Å². The lowest BCUT2D eigenvalue weighted by molar-refractivity contribution is -0.137. The van der Waals surface area contributed by atoms with Gasteiger partial charge in [-0.15, -0.1) is 11.8 Å². The summed E-state index contributed by atoms with van der Waals surface area (Å²) in [4.78, 5) is 0.818. The van der Waals surface area contributed by atoms with E-state index < -0.39 is 17.8 Å². The first-order valence-corrected chi connectivity index (χ1v) is 7.16. The third-order valence-corrected chi connectivity index (χ3v) is 4.02. The van der Waals surface area contributed by atoms with Crippen LogP contribution in [0.1, 0.15) is 17.2 Å².